The largest absolute Gasteiger partial charge is 0.482 e. The van der Waals surface area contributed by atoms with Crippen molar-refractivity contribution in [2.75, 3.05) is 45.2 Å². The highest BCUT2D eigenvalue weighted by atomic mass is 16.5. The lowest BCUT2D eigenvalue weighted by Gasteiger charge is -2.35. The number of piperazine rings is 1. The number of likely N-dealkylation sites (tertiary alicyclic amines) is 1. The molecule has 2 N–H and O–H groups in total. The zero-order valence-corrected chi connectivity index (χ0v) is 17.0. The fourth-order valence-electron chi connectivity index (χ4n) is 4.24. The number of benzene rings is 1. The third-order valence-electron chi connectivity index (χ3n) is 6.08. The predicted octanol–water partition coefficient (Wildman–Crippen LogP) is 0.259. The van der Waals surface area contributed by atoms with Crippen LogP contribution < -0.4 is 15.4 Å². The smallest absolute Gasteiger partial charge is 0.262 e. The van der Waals surface area contributed by atoms with Gasteiger partial charge in [0.2, 0.25) is 11.8 Å². The molecule has 4 rings (SSSR count). The van der Waals surface area contributed by atoms with Crippen molar-refractivity contribution in [1.82, 2.24) is 15.1 Å². The number of fused-ring (bicyclic) bond motifs is 1. The van der Waals surface area contributed by atoms with E-state index >= 15 is 0 Å². The summed E-state index contributed by atoms with van der Waals surface area (Å²) in [6.07, 6.45) is 1.32. The molecule has 1 aromatic carbocycles. The lowest BCUT2D eigenvalue weighted by molar-refractivity contribution is -0.139. The van der Waals surface area contributed by atoms with Gasteiger partial charge in [-0.3, -0.25) is 24.1 Å². The van der Waals surface area contributed by atoms with E-state index in [2.05, 4.69) is 10.6 Å². The second kappa shape index (κ2) is 8.43. The lowest BCUT2D eigenvalue weighted by atomic mass is 9.88. The quantitative estimate of drug-likeness (QED) is 0.685. The van der Waals surface area contributed by atoms with Crippen molar-refractivity contribution in [3.63, 3.8) is 0 Å². The van der Waals surface area contributed by atoms with Gasteiger partial charge in [0.05, 0.1) is 18.2 Å². The fourth-order valence-corrected chi connectivity index (χ4v) is 4.24. The van der Waals surface area contributed by atoms with Crippen LogP contribution in [0.1, 0.15) is 29.6 Å². The average Bonchev–Trinajstić information content (AvgIpc) is 2.75. The Kier molecular flexibility index (Phi) is 5.72. The van der Waals surface area contributed by atoms with E-state index in [4.69, 9.17) is 4.74 Å². The standard InChI is InChI=1S/C21H26N4O5/c1-24-9-6-22-21(29)16(24)11-19(27)25-7-4-13(5-8-25)20(28)14-2-3-17-15(10-14)23-18(26)12-30-17/h2-3,10,13,16H,4-9,11-12H2,1H3,(H,22,29)(H,23,26)/t16-/m0/s1. The van der Waals surface area contributed by atoms with Gasteiger partial charge in [-0.05, 0) is 38.1 Å². The molecule has 2 saturated heterocycles. The van der Waals surface area contributed by atoms with Gasteiger partial charge in [-0.15, -0.1) is 0 Å². The monoisotopic (exact) mass is 414 g/mol. The Morgan fingerprint density at radius 3 is 2.67 bits per heavy atom. The first-order chi connectivity index (χ1) is 14.4. The topological polar surface area (TPSA) is 108 Å². The Hall–Kier alpha value is -2.94. The molecule has 30 heavy (non-hydrogen) atoms. The number of carbonyl (C=O) groups excluding carboxylic acids is 4. The summed E-state index contributed by atoms with van der Waals surface area (Å²) >= 11 is 0. The lowest BCUT2D eigenvalue weighted by Crippen LogP contribution is -2.55. The molecule has 3 aliphatic heterocycles. The van der Waals surface area contributed by atoms with Crippen LogP contribution in [0.3, 0.4) is 0 Å². The number of carbonyl (C=O) groups is 4. The molecule has 3 amide bonds. The Bertz CT molecular complexity index is 878. The number of amides is 3. The molecule has 0 radical (unpaired) electrons. The van der Waals surface area contributed by atoms with E-state index in [1.807, 2.05) is 11.9 Å². The first-order valence-electron chi connectivity index (χ1n) is 10.3. The average molecular weight is 414 g/mol. The highest BCUT2D eigenvalue weighted by Gasteiger charge is 2.33. The van der Waals surface area contributed by atoms with Crippen molar-refractivity contribution in [1.29, 1.82) is 0 Å². The first-order valence-corrected chi connectivity index (χ1v) is 10.3. The van der Waals surface area contributed by atoms with Gasteiger partial charge in [-0.25, -0.2) is 0 Å². The number of hydrogen-bond donors (Lipinski definition) is 2. The van der Waals surface area contributed by atoms with Gasteiger partial charge in [0.1, 0.15) is 5.75 Å². The van der Waals surface area contributed by atoms with Crippen molar-refractivity contribution in [2.45, 2.75) is 25.3 Å². The zero-order chi connectivity index (χ0) is 21.3. The van der Waals surface area contributed by atoms with Crippen molar-refractivity contribution in [3.8, 4) is 5.75 Å². The summed E-state index contributed by atoms with van der Waals surface area (Å²) in [6, 6.07) is 4.64. The molecule has 0 spiro atoms. The van der Waals surface area contributed by atoms with Crippen LogP contribution in [0.5, 0.6) is 5.75 Å². The van der Waals surface area contributed by atoms with Crippen molar-refractivity contribution < 1.29 is 23.9 Å². The van der Waals surface area contributed by atoms with Crippen LogP contribution in [0.2, 0.25) is 0 Å². The van der Waals surface area contributed by atoms with Crippen molar-refractivity contribution in [3.05, 3.63) is 23.8 Å². The van der Waals surface area contributed by atoms with Gasteiger partial charge in [0.25, 0.3) is 5.91 Å². The van der Waals surface area contributed by atoms with Crippen LogP contribution >= 0.6 is 0 Å². The van der Waals surface area contributed by atoms with Gasteiger partial charge in [-0.1, -0.05) is 0 Å². The van der Waals surface area contributed by atoms with Crippen LogP contribution in [0.25, 0.3) is 0 Å². The number of Topliss-reactive ketones (excluding diaryl/α,β-unsaturated/α-hetero) is 1. The minimum atomic E-state index is -0.432. The maximum absolute atomic E-state index is 12.9. The molecular formula is C21H26N4O5. The maximum Gasteiger partial charge on any atom is 0.262 e. The van der Waals surface area contributed by atoms with Crippen LogP contribution in [0, 0.1) is 5.92 Å². The molecular weight excluding hydrogens is 388 g/mol. The maximum atomic E-state index is 12.9. The minimum absolute atomic E-state index is 0.0103. The van der Waals surface area contributed by atoms with Gasteiger partial charge in [-0.2, -0.15) is 0 Å². The number of anilines is 1. The number of ether oxygens (including phenoxy) is 1. The molecule has 0 aliphatic carbocycles. The molecule has 2 fully saturated rings. The van der Waals surface area contributed by atoms with E-state index in [1.165, 1.54) is 0 Å². The molecule has 3 aliphatic rings. The molecule has 0 unspecified atom stereocenters. The Morgan fingerprint density at radius 2 is 1.93 bits per heavy atom. The molecule has 9 nitrogen and oxygen atoms in total. The molecule has 0 aromatic heterocycles. The summed E-state index contributed by atoms with van der Waals surface area (Å²) in [6.45, 7) is 2.31. The fraction of sp³-hybridized carbons (Fsp3) is 0.524. The molecule has 160 valence electrons. The summed E-state index contributed by atoms with van der Waals surface area (Å²) in [4.78, 5) is 52.8. The molecule has 1 aromatic rings. The number of ketones is 1. The van der Waals surface area contributed by atoms with Crippen LogP contribution in [-0.2, 0) is 14.4 Å². The molecule has 0 saturated carbocycles. The van der Waals surface area contributed by atoms with Crippen LogP contribution in [-0.4, -0.2) is 79.2 Å². The third kappa shape index (κ3) is 4.16. The van der Waals surface area contributed by atoms with Crippen molar-refractivity contribution >= 4 is 29.2 Å². The first kappa shape index (κ1) is 20.3. The predicted molar refractivity (Wildman–Crippen MR) is 108 cm³/mol. The van der Waals surface area contributed by atoms with E-state index in [9.17, 15) is 19.2 Å². The van der Waals surface area contributed by atoms with E-state index < -0.39 is 6.04 Å². The molecule has 1 atom stereocenters. The van der Waals surface area contributed by atoms with Gasteiger partial charge >= 0.3 is 0 Å². The minimum Gasteiger partial charge on any atom is -0.482 e. The van der Waals surface area contributed by atoms with Gasteiger partial charge in [0, 0.05) is 37.7 Å². The number of piperidine rings is 1. The Morgan fingerprint density at radius 1 is 1.17 bits per heavy atom. The van der Waals surface area contributed by atoms with E-state index in [0.717, 1.165) is 6.54 Å². The highest BCUT2D eigenvalue weighted by Crippen LogP contribution is 2.31. The third-order valence-corrected chi connectivity index (χ3v) is 6.08. The molecule has 0 bridgehead atoms. The Labute approximate surface area is 174 Å². The second-order valence-corrected chi connectivity index (χ2v) is 8.06. The van der Waals surface area contributed by atoms with Crippen molar-refractivity contribution in [2.24, 2.45) is 5.92 Å². The summed E-state index contributed by atoms with van der Waals surface area (Å²) < 4.78 is 5.33. The molecule has 9 heteroatoms. The SMILES string of the molecule is CN1CCNC(=O)[C@@H]1CC(=O)N1CCC(C(=O)c2ccc3c(c2)NC(=O)CO3)CC1. The van der Waals surface area contributed by atoms with E-state index in [-0.39, 0.29) is 42.5 Å². The summed E-state index contributed by atoms with van der Waals surface area (Å²) in [5.74, 6) is -0.00217. The highest BCUT2D eigenvalue weighted by molar-refractivity contribution is 6.01. The summed E-state index contributed by atoms with van der Waals surface area (Å²) in [5, 5.41) is 5.52. The second-order valence-electron chi connectivity index (χ2n) is 8.06. The van der Waals surface area contributed by atoms with Gasteiger partial charge in [0.15, 0.2) is 12.4 Å². The van der Waals surface area contributed by atoms with Crippen LogP contribution in [0.15, 0.2) is 18.2 Å². The number of hydrogen-bond acceptors (Lipinski definition) is 6. The van der Waals surface area contributed by atoms with E-state index in [1.54, 1.807) is 23.1 Å². The summed E-state index contributed by atoms with van der Waals surface area (Å²) in [7, 11) is 1.85. The number of nitrogens with zero attached hydrogens (tertiary/aromatic N) is 2. The molecule has 3 heterocycles. The number of likely N-dealkylation sites (N-methyl/N-ethyl adjacent to an activating group) is 1. The van der Waals surface area contributed by atoms with Gasteiger partial charge < -0.3 is 20.3 Å². The summed E-state index contributed by atoms with van der Waals surface area (Å²) in [5.41, 5.74) is 1.05. The Balaban J connectivity index is 1.33. The van der Waals surface area contributed by atoms with Crippen LogP contribution in [0.4, 0.5) is 5.69 Å². The number of rotatable bonds is 4. The zero-order valence-electron chi connectivity index (χ0n) is 17.0. The normalized spacial score (nSPS) is 22.6. The number of nitrogens with one attached hydrogen (secondary N) is 2. The van der Waals surface area contributed by atoms with E-state index in [0.29, 0.717) is 49.5 Å².